The van der Waals surface area contributed by atoms with Crippen LogP contribution in [0.5, 0.6) is 0 Å². The Kier molecular flexibility index (Phi) is 5.19. The summed E-state index contributed by atoms with van der Waals surface area (Å²) in [4.78, 5) is 15.1. The van der Waals surface area contributed by atoms with E-state index in [-0.39, 0.29) is 5.60 Å². The van der Waals surface area contributed by atoms with Gasteiger partial charge in [-0.3, -0.25) is 0 Å². The zero-order valence-corrected chi connectivity index (χ0v) is 19.9. The highest BCUT2D eigenvalue weighted by Gasteiger charge is 2.30. The molecule has 0 fully saturated rings. The van der Waals surface area contributed by atoms with Crippen molar-refractivity contribution in [1.29, 1.82) is 0 Å². The number of thioether (sulfide) groups is 1. The van der Waals surface area contributed by atoms with Crippen molar-refractivity contribution >= 4 is 66.7 Å². The molecule has 4 aromatic rings. The Morgan fingerprint density at radius 2 is 2.00 bits per heavy atom. The van der Waals surface area contributed by atoms with Crippen LogP contribution in [0.4, 0.5) is 0 Å². The first-order valence-corrected chi connectivity index (χ1v) is 12.1. The van der Waals surface area contributed by atoms with Crippen molar-refractivity contribution in [3.63, 3.8) is 0 Å². The van der Waals surface area contributed by atoms with Crippen LogP contribution in [0, 0.1) is 6.92 Å². The number of ether oxygens (including phenoxy) is 1. The Morgan fingerprint density at radius 1 is 1.17 bits per heavy atom. The minimum atomic E-state index is -0.194. The molecule has 3 aromatic heterocycles. The highest BCUT2D eigenvalue weighted by atomic mass is 35.5. The van der Waals surface area contributed by atoms with Crippen LogP contribution in [0.2, 0.25) is 10.0 Å². The highest BCUT2D eigenvalue weighted by molar-refractivity contribution is 7.98. The molecule has 0 aliphatic carbocycles. The summed E-state index contributed by atoms with van der Waals surface area (Å²) >= 11 is 15.6. The summed E-state index contributed by atoms with van der Waals surface area (Å²) in [6, 6.07) is 5.73. The van der Waals surface area contributed by atoms with Gasteiger partial charge in [0.1, 0.15) is 16.2 Å². The lowest BCUT2D eigenvalue weighted by molar-refractivity contribution is -0.0400. The van der Waals surface area contributed by atoms with E-state index in [1.165, 1.54) is 11.1 Å². The zero-order chi connectivity index (χ0) is 21.0. The van der Waals surface area contributed by atoms with E-state index in [1.54, 1.807) is 29.4 Å². The van der Waals surface area contributed by atoms with E-state index < -0.39 is 0 Å². The monoisotopic (exact) mass is 475 g/mol. The maximum absolute atomic E-state index is 6.17. The van der Waals surface area contributed by atoms with Gasteiger partial charge in [-0.05, 0) is 44.0 Å². The molecule has 0 radical (unpaired) electrons. The van der Waals surface area contributed by atoms with Crippen molar-refractivity contribution in [3.05, 3.63) is 57.0 Å². The van der Waals surface area contributed by atoms with Crippen LogP contribution in [0.15, 0.2) is 29.6 Å². The van der Waals surface area contributed by atoms with Gasteiger partial charge >= 0.3 is 0 Å². The summed E-state index contributed by atoms with van der Waals surface area (Å²) in [7, 11) is 0. The largest absolute Gasteiger partial charge is 0.370 e. The first-order valence-electron chi connectivity index (χ1n) is 9.58. The second-order valence-corrected chi connectivity index (χ2v) is 10.8. The number of nitrogens with zero attached hydrogens (tertiary/aromatic N) is 3. The summed E-state index contributed by atoms with van der Waals surface area (Å²) < 4.78 is 7.13. The fourth-order valence-electron chi connectivity index (χ4n) is 3.83. The van der Waals surface area contributed by atoms with Crippen LogP contribution in [0.3, 0.4) is 0 Å². The van der Waals surface area contributed by atoms with Crippen molar-refractivity contribution < 1.29 is 4.74 Å². The number of pyridine rings is 1. The van der Waals surface area contributed by atoms with E-state index in [0.29, 0.717) is 16.7 Å². The van der Waals surface area contributed by atoms with E-state index >= 15 is 0 Å². The fourth-order valence-corrected chi connectivity index (χ4v) is 6.38. The minimum absolute atomic E-state index is 0.194. The number of halogens is 2. The smallest absolute Gasteiger partial charge is 0.126 e. The number of hydrogen-bond donors (Lipinski definition) is 0. The van der Waals surface area contributed by atoms with Gasteiger partial charge in [-0.15, -0.1) is 23.1 Å². The Hall–Kier alpha value is -1.44. The van der Waals surface area contributed by atoms with Crippen molar-refractivity contribution in [3.8, 4) is 0 Å². The predicted molar refractivity (Wildman–Crippen MR) is 126 cm³/mol. The summed E-state index contributed by atoms with van der Waals surface area (Å²) in [6.45, 7) is 6.94. The van der Waals surface area contributed by atoms with E-state index in [0.717, 1.165) is 48.9 Å². The summed E-state index contributed by atoms with van der Waals surface area (Å²) in [5.41, 5.74) is 5.46. The van der Waals surface area contributed by atoms with E-state index in [1.807, 2.05) is 18.2 Å². The molecule has 0 bridgehead atoms. The van der Waals surface area contributed by atoms with Crippen LogP contribution in [0.25, 0.3) is 20.4 Å². The van der Waals surface area contributed by atoms with Gasteiger partial charge in [-0.1, -0.05) is 29.3 Å². The summed E-state index contributed by atoms with van der Waals surface area (Å²) in [6.07, 6.45) is 2.51. The van der Waals surface area contributed by atoms with Crippen LogP contribution in [-0.4, -0.2) is 20.6 Å². The molecule has 30 heavy (non-hydrogen) atoms. The van der Waals surface area contributed by atoms with Crippen molar-refractivity contribution in [1.82, 2.24) is 15.0 Å². The third-order valence-electron chi connectivity index (χ3n) is 5.36. The number of aryl methyl sites for hydroxylation is 1. The molecule has 0 N–H and O–H groups in total. The fraction of sp³-hybridized carbons (Fsp3) is 0.318. The molecule has 5 rings (SSSR count). The van der Waals surface area contributed by atoms with Crippen molar-refractivity contribution in [2.24, 2.45) is 0 Å². The lowest BCUT2D eigenvalue weighted by atomic mass is 9.89. The molecule has 0 saturated carbocycles. The first-order chi connectivity index (χ1) is 14.3. The Balaban J connectivity index is 1.60. The Bertz CT molecular complexity index is 1300. The Labute approximate surface area is 193 Å². The molecule has 0 spiro atoms. The normalized spacial score (nSPS) is 15.6. The lowest BCUT2D eigenvalue weighted by Crippen LogP contribution is -2.32. The first kappa shape index (κ1) is 20.5. The molecule has 0 atom stereocenters. The molecule has 0 amide bonds. The second kappa shape index (κ2) is 7.61. The molecule has 4 heterocycles. The molecular formula is C22H19Cl2N3OS2. The number of aromatic nitrogens is 3. The van der Waals surface area contributed by atoms with Gasteiger partial charge in [-0.25, -0.2) is 15.0 Å². The molecular weight excluding hydrogens is 457 g/mol. The van der Waals surface area contributed by atoms with Gasteiger partial charge in [0, 0.05) is 28.8 Å². The molecule has 1 aliphatic heterocycles. The molecule has 0 unspecified atom stereocenters. The van der Waals surface area contributed by atoms with E-state index in [2.05, 4.69) is 30.7 Å². The molecule has 4 nitrogen and oxygen atoms in total. The van der Waals surface area contributed by atoms with Gasteiger partial charge in [0.05, 0.1) is 32.5 Å². The van der Waals surface area contributed by atoms with E-state index in [4.69, 9.17) is 32.9 Å². The molecule has 154 valence electrons. The van der Waals surface area contributed by atoms with Gasteiger partial charge in [0.25, 0.3) is 0 Å². The maximum atomic E-state index is 6.17. The lowest BCUT2D eigenvalue weighted by Gasteiger charge is -2.32. The number of thiophene rings is 1. The maximum Gasteiger partial charge on any atom is 0.126 e. The molecule has 1 aliphatic rings. The third-order valence-corrected chi connectivity index (χ3v) is 8.37. The quantitative estimate of drug-likeness (QED) is 0.235. The SMILES string of the molecule is Cc1nc2sc3c(SCc4ccc(Cl)c(Cl)c4)ncnc3c2c2c1COC(C)(C)C2. The van der Waals surface area contributed by atoms with Crippen LogP contribution in [0.1, 0.15) is 36.2 Å². The van der Waals surface area contributed by atoms with Crippen molar-refractivity contribution in [2.45, 2.75) is 50.2 Å². The average molecular weight is 476 g/mol. The summed E-state index contributed by atoms with van der Waals surface area (Å²) in [5, 5.41) is 3.26. The van der Waals surface area contributed by atoms with Crippen LogP contribution >= 0.6 is 46.3 Å². The molecule has 1 aromatic carbocycles. The molecule has 0 saturated heterocycles. The topological polar surface area (TPSA) is 47.9 Å². The number of fused-ring (bicyclic) bond motifs is 5. The standard InChI is InChI=1S/C22H19Cl2N3OS2/c1-11-14-8-28-22(2,3)7-13(14)17-18-19(30-20(17)27-11)21(26-10-25-18)29-9-12-4-5-15(23)16(24)6-12/h4-6,10H,7-9H2,1-3H3. The zero-order valence-electron chi connectivity index (χ0n) is 16.8. The summed E-state index contributed by atoms with van der Waals surface area (Å²) in [5.74, 6) is 0.753. The van der Waals surface area contributed by atoms with Crippen molar-refractivity contribution in [2.75, 3.05) is 0 Å². The van der Waals surface area contributed by atoms with Crippen LogP contribution in [-0.2, 0) is 23.5 Å². The Morgan fingerprint density at radius 3 is 2.80 bits per heavy atom. The molecule has 8 heteroatoms. The minimum Gasteiger partial charge on any atom is -0.370 e. The number of hydrogen-bond acceptors (Lipinski definition) is 6. The van der Waals surface area contributed by atoms with Gasteiger partial charge in [0.2, 0.25) is 0 Å². The van der Waals surface area contributed by atoms with Gasteiger partial charge < -0.3 is 4.74 Å². The van der Waals surface area contributed by atoms with E-state index in [9.17, 15) is 0 Å². The number of rotatable bonds is 3. The predicted octanol–water partition coefficient (Wildman–Crippen LogP) is 7.00. The van der Waals surface area contributed by atoms with Gasteiger partial charge in [-0.2, -0.15) is 0 Å². The van der Waals surface area contributed by atoms with Gasteiger partial charge in [0.15, 0.2) is 0 Å². The van der Waals surface area contributed by atoms with Crippen LogP contribution < -0.4 is 0 Å². The number of benzene rings is 1. The highest BCUT2D eigenvalue weighted by Crippen LogP contribution is 2.43. The second-order valence-electron chi connectivity index (χ2n) is 8.06. The average Bonchev–Trinajstić information content (AvgIpc) is 3.07. The third kappa shape index (κ3) is 3.59.